The van der Waals surface area contributed by atoms with E-state index in [-0.39, 0.29) is 6.10 Å². The van der Waals surface area contributed by atoms with Crippen molar-refractivity contribution < 1.29 is 5.11 Å². The monoisotopic (exact) mass is 143 g/mol. The van der Waals surface area contributed by atoms with Gasteiger partial charge in [0.05, 0.1) is 6.10 Å². The molecule has 2 nitrogen and oxygen atoms in total. The van der Waals surface area contributed by atoms with Crippen molar-refractivity contribution >= 4 is 0 Å². The van der Waals surface area contributed by atoms with Crippen LogP contribution in [-0.4, -0.2) is 23.8 Å². The van der Waals surface area contributed by atoms with E-state index in [1.807, 2.05) is 0 Å². The highest BCUT2D eigenvalue weighted by Crippen LogP contribution is 2.18. The average molecular weight is 143 g/mol. The Kier molecular flexibility index (Phi) is 2.69. The Morgan fingerprint density at radius 2 is 2.30 bits per heavy atom. The molecule has 10 heavy (non-hydrogen) atoms. The van der Waals surface area contributed by atoms with Gasteiger partial charge in [0.25, 0.3) is 0 Å². The molecular weight excluding hydrogens is 126 g/mol. The Hall–Kier alpha value is -0.0800. The van der Waals surface area contributed by atoms with Crippen LogP contribution in [0.4, 0.5) is 0 Å². The first kappa shape index (κ1) is 8.02. The van der Waals surface area contributed by atoms with Crippen molar-refractivity contribution in [3.63, 3.8) is 0 Å². The molecule has 60 valence electrons. The van der Waals surface area contributed by atoms with Gasteiger partial charge >= 0.3 is 0 Å². The molecule has 1 saturated heterocycles. The van der Waals surface area contributed by atoms with Crippen molar-refractivity contribution in [1.29, 1.82) is 0 Å². The largest absolute Gasteiger partial charge is 0.393 e. The Bertz CT molecular complexity index is 105. The highest BCUT2D eigenvalue weighted by molar-refractivity contribution is 4.82. The zero-order chi connectivity index (χ0) is 7.56. The zero-order valence-corrected chi connectivity index (χ0v) is 6.80. The first-order chi connectivity index (χ1) is 4.75. The average Bonchev–Trinajstić information content (AvgIpc) is 1.95. The third-order valence-corrected chi connectivity index (χ3v) is 2.53. The number of nitrogens with one attached hydrogen (secondary N) is 1. The fraction of sp³-hybridized carbons (Fsp3) is 1.00. The molecule has 1 aliphatic rings. The normalized spacial score (nSPS) is 41.7. The van der Waals surface area contributed by atoms with Gasteiger partial charge in [0.2, 0.25) is 0 Å². The standard InChI is InChI=1S/C8H17NO/c1-3-7-6(2)8(10)4-5-9-7/h6-10H,3-5H2,1-2H3. The molecule has 2 heteroatoms. The second-order valence-electron chi connectivity index (χ2n) is 3.18. The molecule has 0 bridgehead atoms. The van der Waals surface area contributed by atoms with Gasteiger partial charge in [-0.3, -0.25) is 0 Å². The third-order valence-electron chi connectivity index (χ3n) is 2.53. The SMILES string of the molecule is CCC1NCCC(O)C1C. The predicted octanol–water partition coefficient (Wildman–Crippen LogP) is 0.755. The maximum absolute atomic E-state index is 9.44. The van der Waals surface area contributed by atoms with Crippen LogP contribution in [-0.2, 0) is 0 Å². The van der Waals surface area contributed by atoms with Gasteiger partial charge in [-0.1, -0.05) is 13.8 Å². The Balaban J connectivity index is 2.42. The number of piperidine rings is 1. The summed E-state index contributed by atoms with van der Waals surface area (Å²) in [7, 11) is 0. The van der Waals surface area contributed by atoms with Crippen LogP contribution in [0.15, 0.2) is 0 Å². The summed E-state index contributed by atoms with van der Waals surface area (Å²) >= 11 is 0. The lowest BCUT2D eigenvalue weighted by molar-refractivity contribution is 0.0604. The summed E-state index contributed by atoms with van der Waals surface area (Å²) in [5.41, 5.74) is 0. The maximum atomic E-state index is 9.44. The third kappa shape index (κ3) is 1.50. The van der Waals surface area contributed by atoms with Crippen molar-refractivity contribution in [3.8, 4) is 0 Å². The minimum Gasteiger partial charge on any atom is -0.393 e. The summed E-state index contributed by atoms with van der Waals surface area (Å²) < 4.78 is 0. The molecule has 0 aromatic rings. The van der Waals surface area contributed by atoms with Gasteiger partial charge < -0.3 is 10.4 Å². The first-order valence-corrected chi connectivity index (χ1v) is 4.17. The van der Waals surface area contributed by atoms with Gasteiger partial charge in [0.15, 0.2) is 0 Å². The van der Waals surface area contributed by atoms with Crippen molar-refractivity contribution in [2.24, 2.45) is 5.92 Å². The molecular formula is C8H17NO. The lowest BCUT2D eigenvalue weighted by Crippen LogP contribution is -2.46. The molecule has 0 radical (unpaired) electrons. The predicted molar refractivity (Wildman–Crippen MR) is 41.9 cm³/mol. The van der Waals surface area contributed by atoms with Crippen LogP contribution in [0.1, 0.15) is 26.7 Å². The molecule has 0 amide bonds. The lowest BCUT2D eigenvalue weighted by atomic mass is 9.88. The number of hydrogen-bond acceptors (Lipinski definition) is 2. The van der Waals surface area contributed by atoms with Gasteiger partial charge in [-0.2, -0.15) is 0 Å². The molecule has 0 spiro atoms. The van der Waals surface area contributed by atoms with E-state index in [1.54, 1.807) is 0 Å². The summed E-state index contributed by atoms with van der Waals surface area (Å²) in [5.74, 6) is 0.429. The van der Waals surface area contributed by atoms with Crippen LogP contribution < -0.4 is 5.32 Å². The van der Waals surface area contributed by atoms with Crippen molar-refractivity contribution in [3.05, 3.63) is 0 Å². The van der Waals surface area contributed by atoms with Gasteiger partial charge in [-0.25, -0.2) is 0 Å². The van der Waals surface area contributed by atoms with Crippen LogP contribution in [0.25, 0.3) is 0 Å². The van der Waals surface area contributed by atoms with E-state index >= 15 is 0 Å². The summed E-state index contributed by atoms with van der Waals surface area (Å²) in [5, 5.41) is 12.8. The fourth-order valence-corrected chi connectivity index (χ4v) is 1.65. The highest BCUT2D eigenvalue weighted by Gasteiger charge is 2.26. The Morgan fingerprint density at radius 3 is 2.80 bits per heavy atom. The van der Waals surface area contributed by atoms with Crippen molar-refractivity contribution in [1.82, 2.24) is 5.32 Å². The fourth-order valence-electron chi connectivity index (χ4n) is 1.65. The minimum atomic E-state index is -0.0776. The van der Waals surface area contributed by atoms with Crippen LogP contribution in [0.3, 0.4) is 0 Å². The topological polar surface area (TPSA) is 32.3 Å². The van der Waals surface area contributed by atoms with E-state index < -0.39 is 0 Å². The van der Waals surface area contributed by atoms with Gasteiger partial charge in [0, 0.05) is 6.04 Å². The molecule has 0 aromatic heterocycles. The number of rotatable bonds is 1. The molecule has 0 aromatic carbocycles. The van der Waals surface area contributed by atoms with E-state index in [0.29, 0.717) is 12.0 Å². The highest BCUT2D eigenvalue weighted by atomic mass is 16.3. The molecule has 2 N–H and O–H groups in total. The smallest absolute Gasteiger partial charge is 0.0592 e. The zero-order valence-electron chi connectivity index (χ0n) is 6.80. The second-order valence-corrected chi connectivity index (χ2v) is 3.18. The van der Waals surface area contributed by atoms with Crippen molar-refractivity contribution in [2.75, 3.05) is 6.54 Å². The molecule has 3 atom stereocenters. The molecule has 1 rings (SSSR count). The molecule has 0 aliphatic carbocycles. The van der Waals surface area contributed by atoms with E-state index in [4.69, 9.17) is 0 Å². The molecule has 1 aliphatic heterocycles. The summed E-state index contributed by atoms with van der Waals surface area (Å²) in [4.78, 5) is 0. The minimum absolute atomic E-state index is 0.0776. The quantitative estimate of drug-likeness (QED) is 0.568. The van der Waals surface area contributed by atoms with Crippen LogP contribution in [0, 0.1) is 5.92 Å². The van der Waals surface area contributed by atoms with E-state index in [1.165, 1.54) is 0 Å². The Labute approximate surface area is 62.6 Å². The van der Waals surface area contributed by atoms with Crippen LogP contribution >= 0.6 is 0 Å². The van der Waals surface area contributed by atoms with Gasteiger partial charge in [-0.15, -0.1) is 0 Å². The molecule has 1 heterocycles. The number of hydrogen-bond donors (Lipinski definition) is 2. The van der Waals surface area contributed by atoms with Gasteiger partial charge in [0.1, 0.15) is 0 Å². The second kappa shape index (κ2) is 3.35. The summed E-state index contributed by atoms with van der Waals surface area (Å²) in [6.45, 7) is 5.25. The number of aliphatic hydroxyl groups is 1. The number of aliphatic hydroxyl groups excluding tert-OH is 1. The first-order valence-electron chi connectivity index (χ1n) is 4.17. The summed E-state index contributed by atoms with van der Waals surface area (Å²) in [6, 6.07) is 0.531. The van der Waals surface area contributed by atoms with Crippen molar-refractivity contribution in [2.45, 2.75) is 38.8 Å². The maximum Gasteiger partial charge on any atom is 0.0592 e. The molecule has 1 fully saturated rings. The van der Waals surface area contributed by atoms with Crippen LogP contribution in [0.2, 0.25) is 0 Å². The lowest BCUT2D eigenvalue weighted by Gasteiger charge is -2.33. The van der Waals surface area contributed by atoms with Crippen LogP contribution in [0.5, 0.6) is 0 Å². The van der Waals surface area contributed by atoms with E-state index in [9.17, 15) is 5.11 Å². The molecule has 0 saturated carbocycles. The summed E-state index contributed by atoms with van der Waals surface area (Å²) in [6.07, 6.45) is 1.96. The van der Waals surface area contributed by atoms with E-state index in [0.717, 1.165) is 19.4 Å². The molecule has 3 unspecified atom stereocenters. The van der Waals surface area contributed by atoms with Gasteiger partial charge in [-0.05, 0) is 25.3 Å². The Morgan fingerprint density at radius 1 is 1.60 bits per heavy atom. The van der Waals surface area contributed by atoms with E-state index in [2.05, 4.69) is 19.2 Å².